The Balaban J connectivity index is 2.42. The molecule has 1 heterocycles. The Bertz CT molecular complexity index is 608. The monoisotopic (exact) mass is 356 g/mol. The fourth-order valence-electron chi connectivity index (χ4n) is 1.54. The Labute approximate surface area is 116 Å². The lowest BCUT2D eigenvalue weighted by Crippen LogP contribution is -2.20. The van der Waals surface area contributed by atoms with E-state index in [0.29, 0.717) is 16.7 Å². The number of nitrogens with two attached hydrogens (primary N) is 1. The standard InChI is InChI=1S/C12H10Br2N2O/c13-9-4-2-6-16(12(9)17)7-8-3-1-5-10(15)11(8)14/h1-6H,7,15H2. The molecule has 3 nitrogen and oxygen atoms in total. The molecule has 0 amide bonds. The zero-order valence-corrected chi connectivity index (χ0v) is 12.0. The first-order valence-electron chi connectivity index (χ1n) is 4.97. The number of rotatable bonds is 2. The molecule has 2 aromatic rings. The quantitative estimate of drug-likeness (QED) is 0.840. The highest BCUT2D eigenvalue weighted by atomic mass is 79.9. The predicted molar refractivity (Wildman–Crippen MR) is 76.1 cm³/mol. The Morgan fingerprint density at radius 2 is 1.94 bits per heavy atom. The summed E-state index contributed by atoms with van der Waals surface area (Å²) in [7, 11) is 0. The van der Waals surface area contributed by atoms with Gasteiger partial charge in [-0.1, -0.05) is 12.1 Å². The Morgan fingerprint density at radius 3 is 2.71 bits per heavy atom. The minimum atomic E-state index is -0.0539. The SMILES string of the molecule is Nc1cccc(Cn2cccc(Br)c2=O)c1Br. The lowest BCUT2D eigenvalue weighted by molar-refractivity contribution is 0.753. The Kier molecular flexibility index (Phi) is 3.69. The van der Waals surface area contributed by atoms with Gasteiger partial charge in [-0.05, 0) is 55.6 Å². The molecule has 5 heteroatoms. The second-order valence-electron chi connectivity index (χ2n) is 3.61. The first-order valence-corrected chi connectivity index (χ1v) is 6.56. The molecule has 88 valence electrons. The van der Waals surface area contributed by atoms with E-state index in [1.54, 1.807) is 16.8 Å². The van der Waals surface area contributed by atoms with Crippen molar-refractivity contribution in [1.29, 1.82) is 0 Å². The number of aromatic nitrogens is 1. The van der Waals surface area contributed by atoms with E-state index in [2.05, 4.69) is 31.9 Å². The summed E-state index contributed by atoms with van der Waals surface area (Å²) in [4.78, 5) is 11.8. The van der Waals surface area contributed by atoms with E-state index in [1.807, 2.05) is 24.3 Å². The van der Waals surface area contributed by atoms with E-state index in [0.717, 1.165) is 10.0 Å². The molecule has 2 N–H and O–H groups in total. The van der Waals surface area contributed by atoms with E-state index < -0.39 is 0 Å². The summed E-state index contributed by atoms with van der Waals surface area (Å²) < 4.78 is 3.02. The predicted octanol–water partition coefficient (Wildman–Crippen LogP) is 3.00. The van der Waals surface area contributed by atoms with Crippen molar-refractivity contribution >= 4 is 37.5 Å². The van der Waals surface area contributed by atoms with Crippen LogP contribution >= 0.6 is 31.9 Å². The summed E-state index contributed by atoms with van der Waals surface area (Å²) in [6.07, 6.45) is 1.75. The number of nitrogen functional groups attached to an aromatic ring is 1. The largest absolute Gasteiger partial charge is 0.398 e. The van der Waals surface area contributed by atoms with Gasteiger partial charge in [0.25, 0.3) is 5.56 Å². The van der Waals surface area contributed by atoms with Gasteiger partial charge in [0.15, 0.2) is 0 Å². The van der Waals surface area contributed by atoms with Gasteiger partial charge in [-0.15, -0.1) is 0 Å². The topological polar surface area (TPSA) is 48.0 Å². The van der Waals surface area contributed by atoms with E-state index in [1.165, 1.54) is 0 Å². The highest BCUT2D eigenvalue weighted by Gasteiger charge is 2.05. The number of halogens is 2. The van der Waals surface area contributed by atoms with Crippen LogP contribution in [0.25, 0.3) is 0 Å². The lowest BCUT2D eigenvalue weighted by Gasteiger charge is -2.09. The summed E-state index contributed by atoms with van der Waals surface area (Å²) in [6.45, 7) is 0.490. The summed E-state index contributed by atoms with van der Waals surface area (Å²) in [5, 5.41) is 0. The normalized spacial score (nSPS) is 10.5. The zero-order valence-electron chi connectivity index (χ0n) is 8.86. The van der Waals surface area contributed by atoms with Gasteiger partial charge in [0, 0.05) is 16.4 Å². The molecule has 1 aromatic carbocycles. The van der Waals surface area contributed by atoms with Crippen molar-refractivity contribution in [2.75, 3.05) is 5.73 Å². The molecule has 0 saturated carbocycles. The molecule has 0 aliphatic rings. The van der Waals surface area contributed by atoms with Crippen LogP contribution in [0.3, 0.4) is 0 Å². The average Bonchev–Trinajstić information content (AvgIpc) is 2.31. The maximum atomic E-state index is 11.8. The smallest absolute Gasteiger partial charge is 0.265 e. The van der Waals surface area contributed by atoms with E-state index in [4.69, 9.17) is 5.73 Å². The van der Waals surface area contributed by atoms with Crippen LogP contribution in [0.1, 0.15) is 5.56 Å². The molecule has 0 atom stereocenters. The van der Waals surface area contributed by atoms with Crippen LogP contribution in [0.5, 0.6) is 0 Å². The minimum Gasteiger partial charge on any atom is -0.398 e. The molecule has 0 unspecified atom stereocenters. The third-order valence-corrected chi connectivity index (χ3v) is 3.99. The molecule has 0 bridgehead atoms. The van der Waals surface area contributed by atoms with Gasteiger partial charge in [0.2, 0.25) is 0 Å². The number of nitrogens with zero attached hydrogens (tertiary/aromatic N) is 1. The average molecular weight is 358 g/mol. The third-order valence-electron chi connectivity index (χ3n) is 2.42. The van der Waals surface area contributed by atoms with Gasteiger partial charge < -0.3 is 10.3 Å². The van der Waals surface area contributed by atoms with Gasteiger partial charge in [-0.2, -0.15) is 0 Å². The summed E-state index contributed by atoms with van der Waals surface area (Å²) in [5.41, 5.74) is 7.39. The molecular formula is C12H10Br2N2O. The molecule has 2 rings (SSSR count). The molecule has 1 aromatic heterocycles. The fourth-order valence-corrected chi connectivity index (χ4v) is 2.31. The van der Waals surface area contributed by atoms with Gasteiger partial charge in [-0.25, -0.2) is 0 Å². The molecule has 0 saturated heterocycles. The van der Waals surface area contributed by atoms with Crippen LogP contribution in [-0.2, 0) is 6.54 Å². The molecule has 0 fully saturated rings. The van der Waals surface area contributed by atoms with Crippen LogP contribution in [0.2, 0.25) is 0 Å². The van der Waals surface area contributed by atoms with Crippen LogP contribution in [-0.4, -0.2) is 4.57 Å². The number of anilines is 1. The van der Waals surface area contributed by atoms with Crippen LogP contribution in [0, 0.1) is 0 Å². The van der Waals surface area contributed by atoms with Crippen molar-refractivity contribution in [3.8, 4) is 0 Å². The van der Waals surface area contributed by atoms with E-state index in [9.17, 15) is 4.79 Å². The van der Waals surface area contributed by atoms with Gasteiger partial charge in [0.1, 0.15) is 0 Å². The van der Waals surface area contributed by atoms with Gasteiger partial charge in [0.05, 0.1) is 11.0 Å². The zero-order chi connectivity index (χ0) is 12.4. The highest BCUT2D eigenvalue weighted by molar-refractivity contribution is 9.10. The molecule has 0 aliphatic carbocycles. The van der Waals surface area contributed by atoms with Crippen molar-refractivity contribution in [3.63, 3.8) is 0 Å². The molecular weight excluding hydrogens is 348 g/mol. The minimum absolute atomic E-state index is 0.0539. The van der Waals surface area contributed by atoms with E-state index >= 15 is 0 Å². The van der Waals surface area contributed by atoms with Crippen LogP contribution < -0.4 is 11.3 Å². The first-order chi connectivity index (χ1) is 8.09. The van der Waals surface area contributed by atoms with Gasteiger partial charge in [-0.3, -0.25) is 4.79 Å². The molecule has 0 spiro atoms. The van der Waals surface area contributed by atoms with Crippen molar-refractivity contribution in [3.05, 3.63) is 61.4 Å². The summed E-state index contributed by atoms with van der Waals surface area (Å²) in [6, 6.07) is 9.18. The molecule has 17 heavy (non-hydrogen) atoms. The number of hydrogen-bond acceptors (Lipinski definition) is 2. The van der Waals surface area contributed by atoms with Gasteiger partial charge >= 0.3 is 0 Å². The van der Waals surface area contributed by atoms with Crippen molar-refractivity contribution in [2.45, 2.75) is 6.54 Å². The first kappa shape index (κ1) is 12.4. The van der Waals surface area contributed by atoms with Crippen molar-refractivity contribution in [1.82, 2.24) is 4.57 Å². The molecule has 0 aliphatic heterocycles. The Morgan fingerprint density at radius 1 is 1.18 bits per heavy atom. The second kappa shape index (κ2) is 5.06. The number of benzene rings is 1. The fraction of sp³-hybridized carbons (Fsp3) is 0.0833. The summed E-state index contributed by atoms with van der Waals surface area (Å²) >= 11 is 6.65. The van der Waals surface area contributed by atoms with E-state index in [-0.39, 0.29) is 5.56 Å². The van der Waals surface area contributed by atoms with Crippen LogP contribution in [0.4, 0.5) is 5.69 Å². The summed E-state index contributed by atoms with van der Waals surface area (Å²) in [5.74, 6) is 0. The number of pyridine rings is 1. The lowest BCUT2D eigenvalue weighted by atomic mass is 10.2. The maximum Gasteiger partial charge on any atom is 0.265 e. The third kappa shape index (κ3) is 2.61. The number of hydrogen-bond donors (Lipinski definition) is 1. The van der Waals surface area contributed by atoms with Crippen LogP contribution in [0.15, 0.2) is 50.3 Å². The van der Waals surface area contributed by atoms with Crippen molar-refractivity contribution in [2.24, 2.45) is 0 Å². The Hall–Kier alpha value is -1.07. The molecule has 0 radical (unpaired) electrons. The highest BCUT2D eigenvalue weighted by Crippen LogP contribution is 2.24. The van der Waals surface area contributed by atoms with Crippen molar-refractivity contribution < 1.29 is 0 Å². The second-order valence-corrected chi connectivity index (χ2v) is 5.26. The maximum absolute atomic E-state index is 11.8.